The van der Waals surface area contributed by atoms with Crippen molar-refractivity contribution in [2.45, 2.75) is 52.5 Å². The second-order valence-electron chi connectivity index (χ2n) is 9.63. The van der Waals surface area contributed by atoms with E-state index in [1.165, 1.54) is 11.3 Å². The molecule has 0 radical (unpaired) electrons. The highest BCUT2D eigenvalue weighted by Gasteiger charge is 2.42. The third kappa shape index (κ3) is 5.04. The summed E-state index contributed by atoms with van der Waals surface area (Å²) in [6.07, 6.45) is 5.53. The van der Waals surface area contributed by atoms with Gasteiger partial charge in [0.15, 0.2) is 0 Å². The third-order valence-corrected chi connectivity index (χ3v) is 7.15. The van der Waals surface area contributed by atoms with Crippen LogP contribution in [0, 0.1) is 19.3 Å². The van der Waals surface area contributed by atoms with Crippen LogP contribution in [0.15, 0.2) is 24.3 Å². The fourth-order valence-corrected chi connectivity index (χ4v) is 4.64. The Bertz CT molecular complexity index is 1150. The first-order valence-electron chi connectivity index (χ1n) is 10.7. The van der Waals surface area contributed by atoms with Gasteiger partial charge in [-0.1, -0.05) is 32.8 Å². The molecule has 0 saturated carbocycles. The summed E-state index contributed by atoms with van der Waals surface area (Å²) >= 11 is 1.36. The lowest BCUT2D eigenvalue weighted by Gasteiger charge is -2.41. The number of carbonyl (C=O) groups excluding carboxylic acids is 3. The highest BCUT2D eigenvalue weighted by Crippen LogP contribution is 2.37. The van der Waals surface area contributed by atoms with Crippen LogP contribution in [0.3, 0.4) is 0 Å². The van der Waals surface area contributed by atoms with Crippen molar-refractivity contribution in [1.82, 2.24) is 10.2 Å². The van der Waals surface area contributed by atoms with Crippen molar-refractivity contribution in [3.05, 3.63) is 45.8 Å². The van der Waals surface area contributed by atoms with Crippen LogP contribution in [0.2, 0.25) is 0 Å². The third-order valence-electron chi connectivity index (χ3n) is 5.68. The summed E-state index contributed by atoms with van der Waals surface area (Å²) in [6, 6.07) is 6.67. The number of nitrogens with zero attached hydrogens (tertiary/aromatic N) is 1. The lowest BCUT2D eigenvalue weighted by molar-refractivity contribution is -0.133. The molecule has 0 spiro atoms. The number of carbonyl (C=O) groups is 3. The van der Waals surface area contributed by atoms with Gasteiger partial charge in [-0.2, -0.15) is 0 Å². The van der Waals surface area contributed by atoms with E-state index in [2.05, 4.69) is 21.9 Å². The number of urea groups is 1. The molecule has 1 aromatic carbocycles. The Balaban J connectivity index is 1.91. The number of anilines is 2. The van der Waals surface area contributed by atoms with Crippen LogP contribution in [-0.4, -0.2) is 41.4 Å². The van der Waals surface area contributed by atoms with E-state index in [4.69, 9.17) is 6.42 Å². The van der Waals surface area contributed by atoms with Gasteiger partial charge in [0.2, 0.25) is 5.91 Å². The number of hydrogen-bond acceptors (Lipinski definition) is 4. The van der Waals surface area contributed by atoms with Gasteiger partial charge in [-0.25, -0.2) is 4.79 Å². The van der Waals surface area contributed by atoms with E-state index >= 15 is 0 Å². The summed E-state index contributed by atoms with van der Waals surface area (Å²) in [5.41, 5.74) is 1.35. The summed E-state index contributed by atoms with van der Waals surface area (Å²) in [5, 5.41) is 8.85. The summed E-state index contributed by atoms with van der Waals surface area (Å²) in [6.45, 7) is 12.3. The maximum atomic E-state index is 13.5. The molecule has 2 aromatic rings. The van der Waals surface area contributed by atoms with Crippen LogP contribution in [-0.2, 0) is 10.2 Å². The molecule has 0 bridgehead atoms. The van der Waals surface area contributed by atoms with Gasteiger partial charge in [0.05, 0.1) is 5.56 Å². The minimum Gasteiger partial charge on any atom is -0.352 e. The quantitative estimate of drug-likeness (QED) is 0.588. The molecule has 8 heteroatoms. The van der Waals surface area contributed by atoms with Crippen molar-refractivity contribution in [3.8, 4) is 12.3 Å². The van der Waals surface area contributed by atoms with Gasteiger partial charge in [0, 0.05) is 29.2 Å². The average Bonchev–Trinajstić information content (AvgIpc) is 3.15. The Morgan fingerprint density at radius 1 is 1.21 bits per heavy atom. The Labute approximate surface area is 198 Å². The molecule has 2 heterocycles. The molecule has 3 rings (SSSR count). The highest BCUT2D eigenvalue weighted by atomic mass is 32.1. The number of aryl methyl sites for hydroxylation is 1. The van der Waals surface area contributed by atoms with Crippen LogP contribution in [0.5, 0.6) is 0 Å². The number of amides is 4. The standard InChI is InChI=1S/C25H30N4O3S/c1-8-16-13-17(10-9-15(16)2)27-23(32)28-20-18(14-19(33-20)24(3,4)5)21(30)29-12-11-26-22(31)25(29,6)7/h1,9-10,13-14H,11-12H2,2-7H3,(H,26,31)(H2,27,28,32). The zero-order chi connectivity index (χ0) is 24.6. The van der Waals surface area contributed by atoms with Crippen LogP contribution in [0.25, 0.3) is 0 Å². The Hall–Kier alpha value is -3.31. The zero-order valence-electron chi connectivity index (χ0n) is 19.9. The lowest BCUT2D eigenvalue weighted by Crippen LogP contribution is -2.63. The molecule has 0 unspecified atom stereocenters. The maximum absolute atomic E-state index is 13.5. The normalized spacial score (nSPS) is 15.4. The lowest BCUT2D eigenvalue weighted by atomic mass is 9.93. The fraction of sp³-hybridized carbons (Fsp3) is 0.400. The van der Waals surface area contributed by atoms with Gasteiger partial charge in [-0.15, -0.1) is 17.8 Å². The van der Waals surface area contributed by atoms with Gasteiger partial charge >= 0.3 is 6.03 Å². The van der Waals surface area contributed by atoms with Crippen LogP contribution in [0.4, 0.5) is 15.5 Å². The van der Waals surface area contributed by atoms with E-state index in [0.29, 0.717) is 34.9 Å². The van der Waals surface area contributed by atoms with Crippen molar-refractivity contribution in [2.24, 2.45) is 0 Å². The minimum absolute atomic E-state index is 0.204. The zero-order valence-corrected chi connectivity index (χ0v) is 20.7. The van der Waals surface area contributed by atoms with Gasteiger partial charge in [-0.3, -0.25) is 14.9 Å². The minimum atomic E-state index is -0.994. The Morgan fingerprint density at radius 3 is 2.55 bits per heavy atom. The molecule has 1 saturated heterocycles. The number of hydrogen-bond donors (Lipinski definition) is 3. The van der Waals surface area contributed by atoms with Gasteiger partial charge in [0.1, 0.15) is 10.5 Å². The first kappa shape index (κ1) is 24.3. The molecule has 1 aliphatic rings. The van der Waals surface area contributed by atoms with Crippen LogP contribution >= 0.6 is 11.3 Å². The maximum Gasteiger partial charge on any atom is 0.324 e. The molecule has 1 aliphatic heterocycles. The number of piperazine rings is 1. The number of terminal acetylenes is 1. The summed E-state index contributed by atoms with van der Waals surface area (Å²) in [5.74, 6) is 2.10. The van der Waals surface area contributed by atoms with Crippen LogP contribution in [0.1, 0.15) is 61.0 Å². The molecule has 0 atom stereocenters. The van der Waals surface area contributed by atoms with Crippen molar-refractivity contribution in [2.75, 3.05) is 23.7 Å². The predicted octanol–water partition coefficient (Wildman–Crippen LogP) is 4.33. The van der Waals surface area contributed by atoms with E-state index < -0.39 is 11.6 Å². The molecule has 174 valence electrons. The van der Waals surface area contributed by atoms with Crippen molar-refractivity contribution < 1.29 is 14.4 Å². The number of nitrogens with one attached hydrogen (secondary N) is 3. The van der Waals surface area contributed by atoms with Gasteiger partial charge < -0.3 is 15.5 Å². The summed E-state index contributed by atoms with van der Waals surface area (Å²) in [4.78, 5) is 41.2. The molecule has 0 aliphatic carbocycles. The first-order chi connectivity index (χ1) is 15.3. The monoisotopic (exact) mass is 466 g/mol. The van der Waals surface area contributed by atoms with E-state index in [1.54, 1.807) is 30.9 Å². The summed E-state index contributed by atoms with van der Waals surface area (Å²) < 4.78 is 0. The second kappa shape index (κ2) is 8.91. The van der Waals surface area contributed by atoms with Crippen molar-refractivity contribution in [3.63, 3.8) is 0 Å². The van der Waals surface area contributed by atoms with E-state index in [1.807, 2.05) is 39.8 Å². The fourth-order valence-electron chi connectivity index (χ4n) is 3.53. The molecule has 3 N–H and O–H groups in total. The average molecular weight is 467 g/mol. The first-order valence-corrected chi connectivity index (χ1v) is 11.6. The molecule has 4 amide bonds. The SMILES string of the molecule is C#Cc1cc(NC(=O)Nc2sc(C(C)(C)C)cc2C(=O)N2CCNC(=O)C2(C)C)ccc1C. The Morgan fingerprint density at radius 2 is 1.91 bits per heavy atom. The molecule has 33 heavy (non-hydrogen) atoms. The van der Waals surface area contributed by atoms with E-state index in [-0.39, 0.29) is 17.2 Å². The molecule has 7 nitrogen and oxygen atoms in total. The predicted molar refractivity (Wildman–Crippen MR) is 133 cm³/mol. The highest BCUT2D eigenvalue weighted by molar-refractivity contribution is 7.16. The smallest absolute Gasteiger partial charge is 0.324 e. The molecular formula is C25H30N4O3S. The van der Waals surface area contributed by atoms with E-state index in [9.17, 15) is 14.4 Å². The number of rotatable bonds is 3. The number of thiophene rings is 1. The molecular weight excluding hydrogens is 436 g/mol. The second-order valence-corrected chi connectivity index (χ2v) is 10.7. The van der Waals surface area contributed by atoms with Gasteiger partial charge in [-0.05, 0) is 49.9 Å². The van der Waals surface area contributed by atoms with Crippen molar-refractivity contribution in [1.29, 1.82) is 0 Å². The molecule has 1 aromatic heterocycles. The summed E-state index contributed by atoms with van der Waals surface area (Å²) in [7, 11) is 0. The van der Waals surface area contributed by atoms with Crippen LogP contribution < -0.4 is 16.0 Å². The van der Waals surface area contributed by atoms with Crippen molar-refractivity contribution >= 4 is 39.9 Å². The number of benzene rings is 1. The van der Waals surface area contributed by atoms with E-state index in [0.717, 1.165) is 10.4 Å². The Kier molecular flexibility index (Phi) is 6.57. The molecule has 1 fully saturated rings. The van der Waals surface area contributed by atoms with Gasteiger partial charge in [0.25, 0.3) is 5.91 Å². The topological polar surface area (TPSA) is 90.5 Å². The largest absolute Gasteiger partial charge is 0.352 e.